The summed E-state index contributed by atoms with van der Waals surface area (Å²) in [7, 11) is 0. The quantitative estimate of drug-likeness (QED) is 0.261. The number of hydrogen-bond donors (Lipinski definition) is 0. The Morgan fingerprint density at radius 2 is 0.571 bits per heavy atom. The predicted molar refractivity (Wildman–Crippen MR) is 11.1 cm³/mol. The zero-order valence-electron chi connectivity index (χ0n) is 2.82. The maximum absolute atomic E-state index is 0. The minimum atomic E-state index is 0. The monoisotopic (exact) mass is 636 g/mol. The van der Waals surface area contributed by atoms with Crippen molar-refractivity contribution in [1.82, 2.24) is 0 Å². The van der Waals surface area contributed by atoms with E-state index in [-0.39, 0.29) is 119 Å². The van der Waals surface area contributed by atoms with Crippen LogP contribution in [0.2, 0.25) is 0 Å². The van der Waals surface area contributed by atoms with Crippen LogP contribution in [0.5, 0.6) is 0 Å². The molecule has 58 valence electrons. The molecule has 0 N–H and O–H groups in total. The molecule has 1 unspecified atom stereocenters. The van der Waals surface area contributed by atoms with Crippen molar-refractivity contribution in [3.8, 4) is 0 Å². The van der Waals surface area contributed by atoms with Crippen LogP contribution >= 0.6 is 9.90 Å². The second kappa shape index (κ2) is 52.5. The van der Waals surface area contributed by atoms with E-state index in [4.69, 9.17) is 0 Å². The van der Waals surface area contributed by atoms with E-state index in [1.54, 1.807) is 0 Å². The van der Waals surface area contributed by atoms with E-state index < -0.39 is 0 Å². The Bertz CT molecular complexity index is 13.7. The maximum Gasteiger partial charge on any atom is 0 e. The van der Waals surface area contributed by atoms with Crippen molar-refractivity contribution in [2.75, 3.05) is 0 Å². The molecule has 7 heavy (non-hydrogen) atoms. The molecule has 0 aliphatic rings. The summed E-state index contributed by atoms with van der Waals surface area (Å²) < 4.78 is 0. The van der Waals surface area contributed by atoms with Crippen LogP contribution in [0.1, 0.15) is 0 Å². The standard InChI is InChI=1S/2Co.2Ni.H3P.2W/h;;;;1H3;;. The average molecular weight is 637 g/mol. The molecule has 7 heteroatoms. The molecule has 0 heterocycles. The van der Waals surface area contributed by atoms with Crippen molar-refractivity contribution in [2.24, 2.45) is 0 Å². The third-order valence-electron chi connectivity index (χ3n) is 0. The molecule has 0 spiro atoms. The Kier molecular flexibility index (Phi) is 538. The molecule has 0 aromatic carbocycles. The minimum absolute atomic E-state index is 0. The van der Waals surface area contributed by atoms with Crippen molar-refractivity contribution < 1.29 is 109 Å². The topological polar surface area (TPSA) is 0 Å². The number of rotatable bonds is 0. The van der Waals surface area contributed by atoms with E-state index in [0.29, 0.717) is 0 Å². The Morgan fingerprint density at radius 3 is 0.571 bits per heavy atom. The van der Waals surface area contributed by atoms with Gasteiger partial charge in [0.05, 0.1) is 0 Å². The molecule has 0 bridgehead atoms. The van der Waals surface area contributed by atoms with Crippen molar-refractivity contribution in [2.45, 2.75) is 0 Å². The summed E-state index contributed by atoms with van der Waals surface area (Å²) in [5, 5.41) is 0. The normalized spacial score (nSPS) is 0. The van der Waals surface area contributed by atoms with Crippen LogP contribution in [0, 0.1) is 0 Å². The zero-order chi connectivity index (χ0) is 0. The van der Waals surface area contributed by atoms with Crippen molar-refractivity contribution in [3.63, 3.8) is 0 Å². The molecule has 0 aliphatic carbocycles. The second-order valence-electron chi connectivity index (χ2n) is 0. The molecule has 0 aliphatic heterocycles. The first kappa shape index (κ1) is 71.7. The molecule has 0 aromatic heterocycles. The first-order valence-corrected chi connectivity index (χ1v) is 0. The fraction of sp³-hybridized carbons (Fsp3) is 0. The Hall–Kier alpha value is 3.81. The summed E-state index contributed by atoms with van der Waals surface area (Å²) >= 11 is 0. The van der Waals surface area contributed by atoms with Gasteiger partial charge in [-0.05, 0) is 0 Å². The molecular formula is H3Co2Ni2PW2. The molecule has 0 nitrogen and oxygen atoms in total. The SMILES string of the molecule is P.[Co].[Co].[Ni].[Ni].[W].[W]. The van der Waals surface area contributed by atoms with Gasteiger partial charge in [0.15, 0.2) is 0 Å². The molecule has 0 saturated carbocycles. The van der Waals surface area contributed by atoms with Gasteiger partial charge < -0.3 is 0 Å². The van der Waals surface area contributed by atoms with Crippen LogP contribution in [-0.4, -0.2) is 0 Å². The molecular weight excluding hydrogens is 634 g/mol. The van der Waals surface area contributed by atoms with Crippen LogP contribution in [0.25, 0.3) is 0 Å². The van der Waals surface area contributed by atoms with E-state index in [9.17, 15) is 0 Å². The Labute approximate surface area is 117 Å². The van der Waals surface area contributed by atoms with E-state index >= 15 is 0 Å². The van der Waals surface area contributed by atoms with Gasteiger partial charge in [0.2, 0.25) is 0 Å². The predicted octanol–water partition coefficient (Wildman–Crippen LogP) is 0.0431. The smallest absolute Gasteiger partial charge is 0 e. The van der Waals surface area contributed by atoms with Crippen LogP contribution in [0.15, 0.2) is 0 Å². The van der Waals surface area contributed by atoms with Crippen molar-refractivity contribution >= 4 is 9.90 Å². The molecule has 1 atom stereocenters. The van der Waals surface area contributed by atoms with Gasteiger partial charge in [0.25, 0.3) is 0 Å². The van der Waals surface area contributed by atoms with Crippen LogP contribution < -0.4 is 0 Å². The molecule has 0 saturated heterocycles. The van der Waals surface area contributed by atoms with Crippen LogP contribution in [-0.2, 0) is 109 Å². The second-order valence-corrected chi connectivity index (χ2v) is 0. The summed E-state index contributed by atoms with van der Waals surface area (Å²) in [6.07, 6.45) is 0. The van der Waals surface area contributed by atoms with Gasteiger partial charge >= 0.3 is 0 Å². The van der Waals surface area contributed by atoms with Crippen LogP contribution in [0.3, 0.4) is 0 Å². The van der Waals surface area contributed by atoms with Gasteiger partial charge in [-0.3, -0.25) is 0 Å². The van der Waals surface area contributed by atoms with Crippen molar-refractivity contribution in [1.29, 1.82) is 0 Å². The van der Waals surface area contributed by atoms with Gasteiger partial charge in [0.1, 0.15) is 0 Å². The molecule has 2 radical (unpaired) electrons. The maximum atomic E-state index is 0. The summed E-state index contributed by atoms with van der Waals surface area (Å²) in [5.74, 6) is 0. The summed E-state index contributed by atoms with van der Waals surface area (Å²) in [6.45, 7) is 0. The molecule has 0 amide bonds. The van der Waals surface area contributed by atoms with E-state index in [1.165, 1.54) is 0 Å². The third kappa shape index (κ3) is 41.2. The summed E-state index contributed by atoms with van der Waals surface area (Å²) in [5.41, 5.74) is 0. The van der Waals surface area contributed by atoms with Gasteiger partial charge in [0, 0.05) is 109 Å². The minimum Gasteiger partial charge on any atom is -0.153 e. The molecule has 0 rings (SSSR count). The zero-order valence-corrected chi connectivity index (χ0v) is 14.2. The fourth-order valence-corrected chi connectivity index (χ4v) is 0. The summed E-state index contributed by atoms with van der Waals surface area (Å²) in [4.78, 5) is 0. The Morgan fingerprint density at radius 1 is 0.571 bits per heavy atom. The average Bonchev–Trinajstić information content (AvgIpc) is 0. The van der Waals surface area contributed by atoms with E-state index in [2.05, 4.69) is 0 Å². The fourth-order valence-electron chi connectivity index (χ4n) is 0. The van der Waals surface area contributed by atoms with E-state index in [1.807, 2.05) is 0 Å². The van der Waals surface area contributed by atoms with E-state index in [0.717, 1.165) is 0 Å². The molecule has 0 aromatic rings. The first-order valence-electron chi connectivity index (χ1n) is 0. The molecule has 0 fully saturated rings. The van der Waals surface area contributed by atoms with Crippen LogP contribution in [0.4, 0.5) is 0 Å². The van der Waals surface area contributed by atoms with Gasteiger partial charge in [-0.2, -0.15) is 9.90 Å². The van der Waals surface area contributed by atoms with Gasteiger partial charge in [-0.1, -0.05) is 0 Å². The number of hydrogen-bond acceptors (Lipinski definition) is 0. The van der Waals surface area contributed by atoms with Gasteiger partial charge in [-0.15, -0.1) is 0 Å². The first-order chi connectivity index (χ1) is 0. The third-order valence-corrected chi connectivity index (χ3v) is 0. The van der Waals surface area contributed by atoms with Crippen molar-refractivity contribution in [3.05, 3.63) is 0 Å². The Balaban J connectivity index is 0. The van der Waals surface area contributed by atoms with Gasteiger partial charge in [-0.25, -0.2) is 0 Å². The summed E-state index contributed by atoms with van der Waals surface area (Å²) in [6, 6.07) is 0. The largest absolute Gasteiger partial charge is 0.153 e.